The maximum absolute atomic E-state index is 14.3. The maximum Gasteiger partial charge on any atom is 0.232 e. The zero-order valence-electron chi connectivity index (χ0n) is 42.5. The molecule has 0 radical (unpaired) electrons. The van der Waals surface area contributed by atoms with Crippen LogP contribution < -0.4 is 30.2 Å². The molecule has 3 fully saturated rings. The Balaban J connectivity index is 0.686. The van der Waals surface area contributed by atoms with Crippen LogP contribution in [0.5, 0.6) is 0 Å². The van der Waals surface area contributed by atoms with E-state index in [4.69, 9.17) is 34.6 Å². The average Bonchev–Trinajstić information content (AvgIpc) is 3.79. The summed E-state index contributed by atoms with van der Waals surface area (Å²) >= 11 is 1.31. The van der Waals surface area contributed by atoms with Crippen LogP contribution in [0.3, 0.4) is 0 Å². The van der Waals surface area contributed by atoms with E-state index in [1.54, 1.807) is 30.9 Å². The number of rotatable bonds is 16. The van der Waals surface area contributed by atoms with Crippen LogP contribution in [-0.4, -0.2) is 143 Å². The Bertz CT molecular complexity index is 3260. The third-order valence-corrected chi connectivity index (χ3v) is 15.4. The van der Waals surface area contributed by atoms with Crippen molar-refractivity contribution in [3.05, 3.63) is 150 Å². The molecule has 76 heavy (non-hydrogen) atoms. The van der Waals surface area contributed by atoms with Crippen molar-refractivity contribution >= 4 is 58.8 Å². The molecule has 1 unspecified atom stereocenters. The second-order valence-corrected chi connectivity index (χ2v) is 20.6. The fraction of sp³-hybridized carbons (Fsp3) is 0.352. The Hall–Kier alpha value is -7.95. The molecule has 4 aliphatic heterocycles. The van der Waals surface area contributed by atoms with Crippen LogP contribution in [-0.2, 0) is 30.5 Å². The standard InChI is InChI=1S/C54H58FN19OS/c1-36(73-15-14-40-12-13-42(26-41(40)32-73)63-49-60-35-61-53(67-49)71-20-16-69(17-21-71)51-56-27-39(28-57-51)25-38-8-4-3-5-9-38)24-48-65-50(64-46-31-62-74(37(46)2)43-33-75-34-43)68-54(66-48)72-22-18-70(19-23-72)52-58-29-44(30-59-52)76-47-11-7-6-10-45(47)55/h3-13,26-31,35-36,43H,14-25,32-34H2,1-2H3,(H,60,61,63,67)(H,64,65,66,68). The van der Waals surface area contributed by atoms with Crippen LogP contribution >= 0.6 is 11.8 Å². The molecule has 9 heterocycles. The van der Waals surface area contributed by atoms with Crippen LogP contribution in [0.1, 0.15) is 46.7 Å². The molecule has 388 valence electrons. The van der Waals surface area contributed by atoms with Gasteiger partial charge in [0.25, 0.3) is 0 Å². The van der Waals surface area contributed by atoms with Gasteiger partial charge >= 0.3 is 0 Å². The number of nitrogens with one attached hydrogen (secondary N) is 2. The van der Waals surface area contributed by atoms with Gasteiger partial charge in [0.15, 0.2) is 0 Å². The molecule has 4 aliphatic rings. The van der Waals surface area contributed by atoms with Crippen molar-refractivity contribution in [3.63, 3.8) is 0 Å². The molecule has 3 saturated heterocycles. The molecule has 20 nitrogen and oxygen atoms in total. The number of hydrogen-bond donors (Lipinski definition) is 2. The van der Waals surface area contributed by atoms with E-state index >= 15 is 0 Å². The van der Waals surface area contributed by atoms with Gasteiger partial charge in [0.1, 0.15) is 18.0 Å². The van der Waals surface area contributed by atoms with Crippen molar-refractivity contribution in [3.8, 4) is 0 Å². The van der Waals surface area contributed by atoms with Crippen LogP contribution in [0.25, 0.3) is 0 Å². The fourth-order valence-corrected chi connectivity index (χ4v) is 10.8. The lowest BCUT2D eigenvalue weighted by Gasteiger charge is -2.35. The first-order valence-corrected chi connectivity index (χ1v) is 26.7. The summed E-state index contributed by atoms with van der Waals surface area (Å²) in [6, 6.07) is 24.0. The van der Waals surface area contributed by atoms with Gasteiger partial charge in [0, 0.05) is 125 Å². The third-order valence-electron chi connectivity index (χ3n) is 14.4. The van der Waals surface area contributed by atoms with Crippen LogP contribution in [0, 0.1) is 12.7 Å². The number of anilines is 8. The predicted molar refractivity (Wildman–Crippen MR) is 289 cm³/mol. The van der Waals surface area contributed by atoms with Gasteiger partial charge in [0.2, 0.25) is 35.7 Å². The summed E-state index contributed by atoms with van der Waals surface area (Å²) in [5.41, 5.74) is 7.68. The van der Waals surface area contributed by atoms with Crippen molar-refractivity contribution in [1.29, 1.82) is 0 Å². The number of nitrogens with zero attached hydrogens (tertiary/aromatic N) is 17. The van der Waals surface area contributed by atoms with E-state index in [1.807, 2.05) is 35.4 Å². The zero-order valence-corrected chi connectivity index (χ0v) is 43.3. The topological polar surface area (TPSA) is 196 Å². The van der Waals surface area contributed by atoms with Gasteiger partial charge in [-0.1, -0.05) is 60.3 Å². The fourth-order valence-electron chi connectivity index (χ4n) is 9.98. The molecule has 5 aromatic heterocycles. The molecule has 0 amide bonds. The first-order chi connectivity index (χ1) is 37.3. The quantitative estimate of drug-likeness (QED) is 0.103. The molecular formula is C54H58FN19OS. The van der Waals surface area contributed by atoms with Gasteiger partial charge in [-0.2, -0.15) is 25.0 Å². The van der Waals surface area contributed by atoms with E-state index in [0.29, 0.717) is 86.3 Å². The lowest BCUT2D eigenvalue weighted by Crippen LogP contribution is -2.48. The van der Waals surface area contributed by atoms with E-state index in [2.05, 4.69) is 116 Å². The molecule has 0 aliphatic carbocycles. The largest absolute Gasteiger partial charge is 0.377 e. The van der Waals surface area contributed by atoms with Gasteiger partial charge in [0.05, 0.1) is 36.8 Å². The summed E-state index contributed by atoms with van der Waals surface area (Å²) in [6.45, 7) is 12.9. The minimum absolute atomic E-state index is 0.126. The number of ether oxygens (including phenoxy) is 1. The highest BCUT2D eigenvalue weighted by atomic mass is 32.2. The Kier molecular flexibility index (Phi) is 14.2. The maximum atomic E-state index is 14.3. The number of piperazine rings is 2. The Morgan fingerprint density at radius 3 is 2.03 bits per heavy atom. The normalized spacial score (nSPS) is 16.6. The molecule has 8 aromatic rings. The second-order valence-electron chi connectivity index (χ2n) is 19.5. The number of aromatic nitrogens is 12. The summed E-state index contributed by atoms with van der Waals surface area (Å²) in [5.74, 6) is 4.06. The van der Waals surface area contributed by atoms with Crippen molar-refractivity contribution in [2.24, 2.45) is 0 Å². The van der Waals surface area contributed by atoms with E-state index in [1.165, 1.54) is 34.5 Å². The lowest BCUT2D eigenvalue weighted by atomic mass is 9.97. The highest BCUT2D eigenvalue weighted by Gasteiger charge is 2.28. The van der Waals surface area contributed by atoms with Crippen molar-refractivity contribution < 1.29 is 9.13 Å². The van der Waals surface area contributed by atoms with Crippen molar-refractivity contribution in [2.75, 3.05) is 102 Å². The van der Waals surface area contributed by atoms with Crippen molar-refractivity contribution in [2.45, 2.75) is 61.5 Å². The molecule has 12 rings (SSSR count). The van der Waals surface area contributed by atoms with Crippen molar-refractivity contribution in [1.82, 2.24) is 64.5 Å². The van der Waals surface area contributed by atoms with E-state index in [9.17, 15) is 4.39 Å². The van der Waals surface area contributed by atoms with E-state index in [0.717, 1.165) is 85.6 Å². The van der Waals surface area contributed by atoms with E-state index < -0.39 is 0 Å². The Morgan fingerprint density at radius 2 is 1.32 bits per heavy atom. The molecular weight excluding hydrogens is 982 g/mol. The lowest BCUT2D eigenvalue weighted by molar-refractivity contribution is -0.0294. The number of benzene rings is 3. The first-order valence-electron chi connectivity index (χ1n) is 25.8. The first kappa shape index (κ1) is 49.0. The predicted octanol–water partition coefficient (Wildman–Crippen LogP) is 6.72. The highest BCUT2D eigenvalue weighted by Crippen LogP contribution is 2.31. The Labute approximate surface area is 444 Å². The molecule has 0 saturated carbocycles. The van der Waals surface area contributed by atoms with Gasteiger partial charge in [-0.05, 0) is 66.8 Å². The number of fused-ring (bicyclic) bond motifs is 1. The van der Waals surface area contributed by atoms with Crippen LogP contribution in [0.15, 0.2) is 120 Å². The number of hydrogen-bond acceptors (Lipinski definition) is 20. The summed E-state index contributed by atoms with van der Waals surface area (Å²) in [4.78, 5) is 60.3. The van der Waals surface area contributed by atoms with Crippen LogP contribution in [0.2, 0.25) is 0 Å². The Morgan fingerprint density at radius 1 is 0.645 bits per heavy atom. The SMILES string of the molecule is Cc1c(Nc2nc(CC(C)N3CCc4ccc(Nc5ncnc(N6CCN(c7ncc(Cc8ccccc8)cn7)CC6)n5)cc4C3)nc(N3CCN(c4ncc(Sc5ccccc5F)cn4)CC3)n2)cnn1C1COC1. The molecule has 22 heteroatoms. The minimum Gasteiger partial charge on any atom is -0.377 e. The van der Waals surface area contributed by atoms with Gasteiger partial charge < -0.3 is 35.0 Å². The summed E-state index contributed by atoms with van der Waals surface area (Å²) < 4.78 is 21.8. The smallest absolute Gasteiger partial charge is 0.232 e. The highest BCUT2D eigenvalue weighted by molar-refractivity contribution is 7.99. The van der Waals surface area contributed by atoms with Gasteiger partial charge in [-0.15, -0.1) is 0 Å². The zero-order chi connectivity index (χ0) is 51.4. The van der Waals surface area contributed by atoms with E-state index in [-0.39, 0.29) is 17.9 Å². The number of halogens is 1. The van der Waals surface area contributed by atoms with Gasteiger partial charge in [-0.25, -0.2) is 34.3 Å². The second kappa shape index (κ2) is 22.1. The average molecular weight is 1040 g/mol. The molecule has 1 atom stereocenters. The monoisotopic (exact) mass is 1040 g/mol. The molecule has 0 spiro atoms. The minimum atomic E-state index is -0.264. The summed E-state index contributed by atoms with van der Waals surface area (Å²) in [6.07, 6.45) is 13.1. The van der Waals surface area contributed by atoms with Gasteiger partial charge in [-0.3, -0.25) is 9.58 Å². The molecule has 2 N–H and O–H groups in total. The van der Waals surface area contributed by atoms with Crippen LogP contribution in [0.4, 0.5) is 51.5 Å². The molecule has 3 aromatic carbocycles. The molecule has 0 bridgehead atoms. The summed E-state index contributed by atoms with van der Waals surface area (Å²) in [7, 11) is 0. The summed E-state index contributed by atoms with van der Waals surface area (Å²) in [5, 5.41) is 11.6. The third kappa shape index (κ3) is 11.2.